The first kappa shape index (κ1) is 15.3. The second-order valence-electron chi connectivity index (χ2n) is 5.14. The highest BCUT2D eigenvalue weighted by Gasteiger charge is 2.10. The average molecular weight is 263 g/mol. The van der Waals surface area contributed by atoms with Crippen LogP contribution in [0.1, 0.15) is 32.3 Å². The molecule has 0 saturated heterocycles. The highest BCUT2D eigenvalue weighted by atomic mass is 16.5. The molecule has 1 atom stereocenters. The highest BCUT2D eigenvalue weighted by molar-refractivity contribution is 5.77. The molecule has 4 heteroatoms. The molecule has 1 aromatic carbocycles. The quantitative estimate of drug-likeness (QED) is 0.612. The van der Waals surface area contributed by atoms with E-state index in [1.54, 1.807) is 7.11 Å². The van der Waals surface area contributed by atoms with Gasteiger partial charge in [-0.25, -0.2) is 0 Å². The van der Waals surface area contributed by atoms with E-state index in [0.29, 0.717) is 17.8 Å². The lowest BCUT2D eigenvalue weighted by molar-refractivity contribution is 0.406. The Hall–Kier alpha value is -1.71. The third-order valence-corrected chi connectivity index (χ3v) is 2.89. The third-order valence-electron chi connectivity index (χ3n) is 2.89. The second-order valence-corrected chi connectivity index (χ2v) is 5.14. The molecule has 0 amide bonds. The van der Waals surface area contributed by atoms with Gasteiger partial charge in [0, 0.05) is 19.0 Å². The smallest absolute Gasteiger partial charge is 0.188 e. The second kappa shape index (κ2) is 7.67. The van der Waals surface area contributed by atoms with Crippen molar-refractivity contribution in [1.82, 2.24) is 5.32 Å². The predicted molar refractivity (Wildman–Crippen MR) is 80.7 cm³/mol. The molecular weight excluding hydrogens is 238 g/mol. The number of ether oxygens (including phenoxy) is 1. The van der Waals surface area contributed by atoms with E-state index in [1.807, 2.05) is 18.2 Å². The van der Waals surface area contributed by atoms with E-state index in [9.17, 15) is 0 Å². The standard InChI is InChI=1S/C15H25N3O/c1-11(2)9-17-15(16)18-10-12(3)13-7-5-6-8-14(13)19-4/h5-8,11-12H,9-10H2,1-4H3,(H3,16,17,18). The number of benzene rings is 1. The van der Waals surface area contributed by atoms with Crippen molar-refractivity contribution in [2.24, 2.45) is 16.6 Å². The third kappa shape index (κ3) is 5.20. The SMILES string of the molecule is COc1ccccc1C(C)CNC(N)=NCC(C)C. The van der Waals surface area contributed by atoms with Gasteiger partial charge in [0.1, 0.15) is 5.75 Å². The van der Waals surface area contributed by atoms with Gasteiger partial charge in [-0.2, -0.15) is 0 Å². The van der Waals surface area contributed by atoms with Crippen LogP contribution in [0.25, 0.3) is 0 Å². The zero-order valence-corrected chi connectivity index (χ0v) is 12.3. The molecule has 0 saturated carbocycles. The minimum absolute atomic E-state index is 0.309. The fourth-order valence-corrected chi connectivity index (χ4v) is 1.78. The predicted octanol–water partition coefficient (Wildman–Crippen LogP) is 2.36. The molecule has 1 rings (SSSR count). The summed E-state index contributed by atoms with van der Waals surface area (Å²) in [5.74, 6) is 2.25. The first-order valence-corrected chi connectivity index (χ1v) is 6.71. The number of hydrogen-bond acceptors (Lipinski definition) is 2. The molecule has 0 aliphatic carbocycles. The van der Waals surface area contributed by atoms with Crippen molar-refractivity contribution in [2.75, 3.05) is 20.2 Å². The van der Waals surface area contributed by atoms with Gasteiger partial charge in [0.05, 0.1) is 7.11 Å². The van der Waals surface area contributed by atoms with Crippen molar-refractivity contribution in [3.63, 3.8) is 0 Å². The Labute approximate surface area is 116 Å². The summed E-state index contributed by atoms with van der Waals surface area (Å²) in [6.07, 6.45) is 0. The molecule has 0 radical (unpaired) electrons. The van der Waals surface area contributed by atoms with Gasteiger partial charge in [-0.15, -0.1) is 0 Å². The van der Waals surface area contributed by atoms with E-state index in [0.717, 1.165) is 18.8 Å². The van der Waals surface area contributed by atoms with Crippen LogP contribution in [0.15, 0.2) is 29.3 Å². The number of aliphatic imine (C=N–C) groups is 1. The van der Waals surface area contributed by atoms with Crippen LogP contribution < -0.4 is 15.8 Å². The molecule has 3 N–H and O–H groups in total. The molecule has 106 valence electrons. The maximum Gasteiger partial charge on any atom is 0.188 e. The van der Waals surface area contributed by atoms with Crippen molar-refractivity contribution in [1.29, 1.82) is 0 Å². The minimum atomic E-state index is 0.309. The number of para-hydroxylation sites is 1. The number of nitrogens with zero attached hydrogens (tertiary/aromatic N) is 1. The summed E-state index contributed by atoms with van der Waals surface area (Å²) >= 11 is 0. The summed E-state index contributed by atoms with van der Waals surface area (Å²) < 4.78 is 5.36. The Balaban J connectivity index is 2.55. The van der Waals surface area contributed by atoms with Crippen LogP contribution in [-0.4, -0.2) is 26.2 Å². The summed E-state index contributed by atoms with van der Waals surface area (Å²) in [6.45, 7) is 7.87. The zero-order valence-electron chi connectivity index (χ0n) is 12.3. The Morgan fingerprint density at radius 3 is 2.63 bits per heavy atom. The van der Waals surface area contributed by atoms with E-state index in [4.69, 9.17) is 10.5 Å². The van der Waals surface area contributed by atoms with E-state index >= 15 is 0 Å². The maximum atomic E-state index is 5.83. The van der Waals surface area contributed by atoms with Gasteiger partial charge in [0.15, 0.2) is 5.96 Å². The molecule has 0 spiro atoms. The number of rotatable bonds is 6. The molecule has 19 heavy (non-hydrogen) atoms. The molecule has 1 aromatic rings. The van der Waals surface area contributed by atoms with E-state index in [1.165, 1.54) is 5.56 Å². The van der Waals surface area contributed by atoms with Gasteiger partial charge in [-0.05, 0) is 17.5 Å². The number of methoxy groups -OCH3 is 1. The van der Waals surface area contributed by atoms with Crippen LogP contribution in [0.4, 0.5) is 0 Å². The first-order valence-electron chi connectivity index (χ1n) is 6.71. The van der Waals surface area contributed by atoms with Crippen molar-refractivity contribution in [3.05, 3.63) is 29.8 Å². The van der Waals surface area contributed by atoms with Crippen LogP contribution in [0, 0.1) is 5.92 Å². The Kier molecular flexibility index (Phi) is 6.19. The number of guanidine groups is 1. The van der Waals surface area contributed by atoms with Crippen molar-refractivity contribution in [3.8, 4) is 5.75 Å². The summed E-state index contributed by atoms with van der Waals surface area (Å²) in [5, 5.41) is 3.16. The van der Waals surface area contributed by atoms with Crippen molar-refractivity contribution >= 4 is 5.96 Å². The summed E-state index contributed by atoms with van der Waals surface area (Å²) in [5.41, 5.74) is 7.00. The number of nitrogens with one attached hydrogen (secondary N) is 1. The molecule has 0 heterocycles. The molecule has 0 aliphatic heterocycles. The molecule has 0 aliphatic rings. The van der Waals surface area contributed by atoms with Gasteiger partial charge in [-0.1, -0.05) is 39.0 Å². The molecule has 0 fully saturated rings. The fraction of sp³-hybridized carbons (Fsp3) is 0.533. The van der Waals surface area contributed by atoms with Crippen molar-refractivity contribution < 1.29 is 4.74 Å². The first-order chi connectivity index (χ1) is 9.04. The molecule has 0 aromatic heterocycles. The van der Waals surface area contributed by atoms with Crippen molar-refractivity contribution in [2.45, 2.75) is 26.7 Å². The van der Waals surface area contributed by atoms with Gasteiger partial charge in [-0.3, -0.25) is 4.99 Å². The molecule has 4 nitrogen and oxygen atoms in total. The zero-order chi connectivity index (χ0) is 14.3. The van der Waals surface area contributed by atoms with E-state index < -0.39 is 0 Å². The monoisotopic (exact) mass is 263 g/mol. The van der Waals surface area contributed by atoms with Gasteiger partial charge in [0.25, 0.3) is 0 Å². The topological polar surface area (TPSA) is 59.6 Å². The van der Waals surface area contributed by atoms with Gasteiger partial charge in [0.2, 0.25) is 0 Å². The van der Waals surface area contributed by atoms with Crippen LogP contribution in [0.3, 0.4) is 0 Å². The maximum absolute atomic E-state index is 5.83. The summed E-state index contributed by atoms with van der Waals surface area (Å²) in [6, 6.07) is 8.04. The largest absolute Gasteiger partial charge is 0.496 e. The number of nitrogens with two attached hydrogens (primary N) is 1. The Morgan fingerprint density at radius 1 is 1.32 bits per heavy atom. The lowest BCUT2D eigenvalue weighted by atomic mass is 10.0. The molecule has 0 bridgehead atoms. The Morgan fingerprint density at radius 2 is 2.00 bits per heavy atom. The lowest BCUT2D eigenvalue weighted by Crippen LogP contribution is -2.34. The highest BCUT2D eigenvalue weighted by Crippen LogP contribution is 2.25. The number of hydrogen-bond donors (Lipinski definition) is 2. The minimum Gasteiger partial charge on any atom is -0.496 e. The van der Waals surface area contributed by atoms with Crippen LogP contribution >= 0.6 is 0 Å². The Bertz CT molecular complexity index is 416. The summed E-state index contributed by atoms with van der Waals surface area (Å²) in [7, 11) is 1.69. The van der Waals surface area contributed by atoms with Gasteiger partial charge < -0.3 is 15.8 Å². The summed E-state index contributed by atoms with van der Waals surface area (Å²) in [4.78, 5) is 4.28. The molecule has 1 unspecified atom stereocenters. The lowest BCUT2D eigenvalue weighted by Gasteiger charge is -2.16. The van der Waals surface area contributed by atoms with E-state index in [-0.39, 0.29) is 0 Å². The van der Waals surface area contributed by atoms with Crippen LogP contribution in [0.2, 0.25) is 0 Å². The van der Waals surface area contributed by atoms with E-state index in [2.05, 4.69) is 37.1 Å². The normalized spacial score (nSPS) is 13.4. The molecular formula is C15H25N3O. The average Bonchev–Trinajstić information content (AvgIpc) is 2.42. The van der Waals surface area contributed by atoms with Gasteiger partial charge >= 0.3 is 0 Å². The fourth-order valence-electron chi connectivity index (χ4n) is 1.78. The van der Waals surface area contributed by atoms with Crippen LogP contribution in [-0.2, 0) is 0 Å². The van der Waals surface area contributed by atoms with Crippen LogP contribution in [0.5, 0.6) is 5.75 Å².